The van der Waals surface area contributed by atoms with Crippen LogP contribution in [-0.2, 0) is 4.74 Å². The van der Waals surface area contributed by atoms with Crippen molar-refractivity contribution < 1.29 is 19.1 Å². The maximum Gasteiger partial charge on any atom is 0.374 e. The molecule has 16 heavy (non-hydrogen) atoms. The number of aryl methyl sites for hydroxylation is 1. The van der Waals surface area contributed by atoms with Crippen LogP contribution in [0, 0.1) is 6.92 Å². The van der Waals surface area contributed by atoms with E-state index in [0.717, 1.165) is 5.39 Å². The Labute approximate surface area is 99.9 Å². The molecule has 2 aromatic rings. The summed E-state index contributed by atoms with van der Waals surface area (Å²) >= 11 is 3.20. The average Bonchev–Trinajstić information content (AvgIpc) is 2.61. The van der Waals surface area contributed by atoms with Gasteiger partial charge in [-0.3, -0.25) is 0 Å². The first kappa shape index (κ1) is 11.0. The summed E-state index contributed by atoms with van der Waals surface area (Å²) in [5, 5.41) is 10.3. The summed E-state index contributed by atoms with van der Waals surface area (Å²) < 4.78 is 10.4. The minimum Gasteiger partial charge on any atom is -0.507 e. The van der Waals surface area contributed by atoms with Gasteiger partial charge in [0.15, 0.2) is 5.58 Å². The molecule has 0 radical (unpaired) electrons. The molecule has 5 heteroatoms. The molecule has 0 saturated carbocycles. The number of methoxy groups -OCH3 is 1. The lowest BCUT2D eigenvalue weighted by Gasteiger charge is -1.96. The molecule has 0 amide bonds. The van der Waals surface area contributed by atoms with Gasteiger partial charge >= 0.3 is 5.97 Å². The van der Waals surface area contributed by atoms with E-state index >= 15 is 0 Å². The normalized spacial score (nSPS) is 10.7. The molecule has 0 unspecified atom stereocenters. The number of ether oxygens (including phenoxy) is 1. The van der Waals surface area contributed by atoms with Gasteiger partial charge in [0.2, 0.25) is 5.76 Å². The first-order valence-corrected chi connectivity index (χ1v) is 5.34. The van der Waals surface area contributed by atoms with E-state index in [4.69, 9.17) is 4.42 Å². The highest BCUT2D eigenvalue weighted by molar-refractivity contribution is 9.10. The van der Waals surface area contributed by atoms with Gasteiger partial charge in [0.1, 0.15) is 10.2 Å². The molecule has 4 nitrogen and oxygen atoms in total. The van der Waals surface area contributed by atoms with Crippen molar-refractivity contribution in [2.75, 3.05) is 7.11 Å². The van der Waals surface area contributed by atoms with E-state index in [-0.39, 0.29) is 11.5 Å². The van der Waals surface area contributed by atoms with Gasteiger partial charge in [-0.25, -0.2) is 4.79 Å². The average molecular weight is 285 g/mol. The fraction of sp³-hybridized carbons (Fsp3) is 0.182. The van der Waals surface area contributed by atoms with Crippen LogP contribution in [0.4, 0.5) is 0 Å². The van der Waals surface area contributed by atoms with Crippen LogP contribution in [0.2, 0.25) is 0 Å². The minimum absolute atomic E-state index is 0.0673. The van der Waals surface area contributed by atoms with E-state index in [9.17, 15) is 9.90 Å². The Kier molecular flexibility index (Phi) is 2.63. The van der Waals surface area contributed by atoms with E-state index in [0.29, 0.717) is 15.6 Å². The fourth-order valence-electron chi connectivity index (χ4n) is 1.53. The van der Waals surface area contributed by atoms with E-state index in [1.807, 2.05) is 0 Å². The summed E-state index contributed by atoms with van der Waals surface area (Å²) in [6, 6.07) is 3.23. The number of halogens is 1. The molecule has 1 aromatic carbocycles. The van der Waals surface area contributed by atoms with Crippen molar-refractivity contribution in [3.05, 3.63) is 27.9 Å². The number of rotatable bonds is 1. The van der Waals surface area contributed by atoms with E-state index in [1.165, 1.54) is 13.2 Å². The zero-order chi connectivity index (χ0) is 11.9. The number of esters is 1. The molecule has 0 aliphatic rings. The van der Waals surface area contributed by atoms with Crippen LogP contribution in [-0.4, -0.2) is 18.2 Å². The van der Waals surface area contributed by atoms with E-state index in [1.54, 1.807) is 13.0 Å². The minimum atomic E-state index is -0.528. The molecule has 0 spiro atoms. The predicted octanol–water partition coefficient (Wildman–Crippen LogP) is 3.00. The van der Waals surface area contributed by atoms with Gasteiger partial charge in [0, 0.05) is 10.9 Å². The molecular formula is C11H9BrO4. The molecular weight excluding hydrogens is 276 g/mol. The molecule has 0 bridgehead atoms. The van der Waals surface area contributed by atoms with Crippen molar-refractivity contribution in [3.63, 3.8) is 0 Å². The third kappa shape index (κ3) is 1.48. The van der Waals surface area contributed by atoms with Crippen molar-refractivity contribution in [1.82, 2.24) is 0 Å². The lowest BCUT2D eigenvalue weighted by Crippen LogP contribution is -2.00. The first-order valence-electron chi connectivity index (χ1n) is 4.55. The molecule has 2 rings (SSSR count). The Morgan fingerprint density at radius 3 is 2.81 bits per heavy atom. The molecule has 1 heterocycles. The van der Waals surface area contributed by atoms with Crippen molar-refractivity contribution in [1.29, 1.82) is 0 Å². The number of carbonyl (C=O) groups is 1. The van der Waals surface area contributed by atoms with Crippen molar-refractivity contribution in [2.45, 2.75) is 6.92 Å². The summed E-state index contributed by atoms with van der Waals surface area (Å²) in [6.07, 6.45) is 0. The van der Waals surface area contributed by atoms with Gasteiger partial charge in [-0.1, -0.05) is 0 Å². The number of phenols is 1. The highest BCUT2D eigenvalue weighted by Gasteiger charge is 2.20. The Morgan fingerprint density at radius 1 is 1.50 bits per heavy atom. The Bertz CT molecular complexity index is 571. The van der Waals surface area contributed by atoms with Gasteiger partial charge in [-0.05, 0) is 35.0 Å². The van der Waals surface area contributed by atoms with Crippen LogP contribution in [0.3, 0.4) is 0 Å². The van der Waals surface area contributed by atoms with Crippen LogP contribution < -0.4 is 0 Å². The van der Waals surface area contributed by atoms with Gasteiger partial charge in [0.25, 0.3) is 0 Å². The number of phenolic OH excluding ortho intramolecular Hbond substituents is 1. The summed E-state index contributed by atoms with van der Waals surface area (Å²) in [5.41, 5.74) is 1.14. The second kappa shape index (κ2) is 3.83. The number of aromatic hydroxyl groups is 1. The largest absolute Gasteiger partial charge is 0.507 e. The molecule has 1 N–H and O–H groups in total. The van der Waals surface area contributed by atoms with Crippen LogP contribution in [0.15, 0.2) is 21.0 Å². The predicted molar refractivity (Wildman–Crippen MR) is 61.7 cm³/mol. The summed E-state index contributed by atoms with van der Waals surface area (Å²) in [6.45, 7) is 1.77. The number of benzene rings is 1. The van der Waals surface area contributed by atoms with Crippen LogP contribution in [0.25, 0.3) is 11.0 Å². The van der Waals surface area contributed by atoms with Crippen LogP contribution >= 0.6 is 15.9 Å². The van der Waals surface area contributed by atoms with Crippen molar-refractivity contribution in [2.24, 2.45) is 0 Å². The SMILES string of the molecule is COC(=O)c1oc2c(Br)c(O)ccc2c1C. The zero-order valence-electron chi connectivity index (χ0n) is 8.70. The topological polar surface area (TPSA) is 59.7 Å². The maximum atomic E-state index is 11.4. The number of hydrogen-bond acceptors (Lipinski definition) is 4. The second-order valence-corrected chi connectivity index (χ2v) is 4.12. The standard InChI is InChI=1S/C11H9BrO4/c1-5-6-3-4-7(13)8(12)10(6)16-9(5)11(14)15-2/h3-4,13H,1-2H3. The van der Waals surface area contributed by atoms with Crippen LogP contribution in [0.5, 0.6) is 5.75 Å². The lowest BCUT2D eigenvalue weighted by atomic mass is 10.1. The molecule has 0 aliphatic carbocycles. The van der Waals surface area contributed by atoms with Gasteiger partial charge in [0.05, 0.1) is 7.11 Å². The molecule has 0 atom stereocenters. The molecule has 84 valence electrons. The number of carbonyl (C=O) groups excluding carboxylic acids is 1. The fourth-order valence-corrected chi connectivity index (χ4v) is 1.96. The third-order valence-electron chi connectivity index (χ3n) is 2.40. The molecule has 0 fully saturated rings. The van der Waals surface area contributed by atoms with Crippen molar-refractivity contribution >= 4 is 32.9 Å². The molecule has 0 saturated heterocycles. The Morgan fingerprint density at radius 2 is 2.19 bits per heavy atom. The number of fused-ring (bicyclic) bond motifs is 1. The lowest BCUT2D eigenvalue weighted by molar-refractivity contribution is 0.0566. The third-order valence-corrected chi connectivity index (χ3v) is 3.16. The summed E-state index contributed by atoms with van der Waals surface area (Å²) in [7, 11) is 1.29. The monoisotopic (exact) mass is 284 g/mol. The highest BCUT2D eigenvalue weighted by atomic mass is 79.9. The van der Waals surface area contributed by atoms with Gasteiger partial charge in [-0.15, -0.1) is 0 Å². The van der Waals surface area contributed by atoms with E-state index in [2.05, 4.69) is 20.7 Å². The van der Waals surface area contributed by atoms with Crippen molar-refractivity contribution in [3.8, 4) is 5.75 Å². The second-order valence-electron chi connectivity index (χ2n) is 3.32. The summed E-state index contributed by atoms with van der Waals surface area (Å²) in [5.74, 6) is -0.304. The zero-order valence-corrected chi connectivity index (χ0v) is 10.3. The number of furan rings is 1. The Hall–Kier alpha value is -1.49. The van der Waals surface area contributed by atoms with Gasteiger partial charge < -0.3 is 14.3 Å². The first-order chi connectivity index (χ1) is 7.56. The maximum absolute atomic E-state index is 11.4. The summed E-state index contributed by atoms with van der Waals surface area (Å²) in [4.78, 5) is 11.4. The quantitative estimate of drug-likeness (QED) is 0.818. The Balaban J connectivity index is 2.77. The van der Waals surface area contributed by atoms with Crippen LogP contribution in [0.1, 0.15) is 16.1 Å². The smallest absolute Gasteiger partial charge is 0.374 e. The molecule has 0 aliphatic heterocycles. The molecule has 1 aromatic heterocycles. The van der Waals surface area contributed by atoms with E-state index < -0.39 is 5.97 Å². The van der Waals surface area contributed by atoms with Gasteiger partial charge in [-0.2, -0.15) is 0 Å². The number of hydrogen-bond donors (Lipinski definition) is 1. The highest BCUT2D eigenvalue weighted by Crippen LogP contribution is 2.36.